The molecule has 196 valence electrons. The van der Waals surface area contributed by atoms with E-state index in [1.165, 1.54) is 28.6 Å². The lowest BCUT2D eigenvalue weighted by Gasteiger charge is -2.16. The fourth-order valence-electron chi connectivity index (χ4n) is 4.20. The van der Waals surface area contributed by atoms with Gasteiger partial charge in [0.05, 0.1) is 27.2 Å². The monoisotopic (exact) mass is 556 g/mol. The fraction of sp³-hybridized carbons (Fsp3) is 0.192. The lowest BCUT2D eigenvalue weighted by molar-refractivity contribution is -0.113. The number of thioether (sulfide) groups is 1. The second kappa shape index (κ2) is 10.6. The highest BCUT2D eigenvalue weighted by Gasteiger charge is 2.27. The maximum absolute atomic E-state index is 14.6. The van der Waals surface area contributed by atoms with Gasteiger partial charge in [-0.3, -0.25) is 14.2 Å². The number of carbonyl (C=O) groups excluding carboxylic acids is 1. The molecule has 8 nitrogen and oxygen atoms in total. The molecule has 0 spiro atoms. The summed E-state index contributed by atoms with van der Waals surface area (Å²) in [7, 11) is -3.57. The summed E-state index contributed by atoms with van der Waals surface area (Å²) in [6, 6.07) is 15.3. The number of aromatic nitrogens is 2. The highest BCUT2D eigenvalue weighted by Crippen LogP contribution is 2.25. The van der Waals surface area contributed by atoms with Gasteiger partial charge in [-0.25, -0.2) is 22.2 Å². The lowest BCUT2D eigenvalue weighted by Crippen LogP contribution is -2.27. The minimum Gasteiger partial charge on any atom is -0.325 e. The van der Waals surface area contributed by atoms with Crippen LogP contribution in [0.1, 0.15) is 12.8 Å². The minimum atomic E-state index is -3.57. The summed E-state index contributed by atoms with van der Waals surface area (Å²) in [5, 5.41) is 2.98. The number of para-hydroxylation sites is 1. The molecule has 1 fully saturated rings. The summed E-state index contributed by atoms with van der Waals surface area (Å²) >= 11 is 0.912. The Morgan fingerprint density at radius 2 is 1.71 bits per heavy atom. The van der Waals surface area contributed by atoms with Crippen molar-refractivity contribution in [3.05, 3.63) is 88.7 Å². The van der Waals surface area contributed by atoms with Gasteiger partial charge in [0, 0.05) is 24.8 Å². The number of sulfonamides is 1. The first kappa shape index (κ1) is 26.0. The van der Waals surface area contributed by atoms with Crippen LogP contribution in [0.5, 0.6) is 0 Å². The van der Waals surface area contributed by atoms with Gasteiger partial charge in [-0.2, -0.15) is 4.31 Å². The van der Waals surface area contributed by atoms with E-state index in [1.54, 1.807) is 24.3 Å². The molecular formula is C26H22F2N4O4S2. The van der Waals surface area contributed by atoms with Gasteiger partial charge in [-0.15, -0.1) is 0 Å². The van der Waals surface area contributed by atoms with E-state index in [0.29, 0.717) is 30.4 Å². The van der Waals surface area contributed by atoms with Crippen LogP contribution in [0.2, 0.25) is 0 Å². The number of rotatable bonds is 7. The summed E-state index contributed by atoms with van der Waals surface area (Å²) in [6.07, 6.45) is 1.66. The van der Waals surface area contributed by atoms with E-state index in [2.05, 4.69) is 10.3 Å². The van der Waals surface area contributed by atoms with Crippen molar-refractivity contribution in [3.8, 4) is 5.69 Å². The van der Waals surface area contributed by atoms with Crippen LogP contribution in [0.4, 0.5) is 14.5 Å². The predicted molar refractivity (Wildman–Crippen MR) is 141 cm³/mol. The van der Waals surface area contributed by atoms with Gasteiger partial charge >= 0.3 is 0 Å². The zero-order valence-electron chi connectivity index (χ0n) is 19.9. The molecule has 3 aromatic carbocycles. The minimum absolute atomic E-state index is 0.0569. The van der Waals surface area contributed by atoms with Crippen LogP contribution in [0, 0.1) is 11.6 Å². The Hall–Kier alpha value is -3.61. The molecule has 38 heavy (non-hydrogen) atoms. The Morgan fingerprint density at radius 1 is 1.00 bits per heavy atom. The van der Waals surface area contributed by atoms with E-state index in [-0.39, 0.29) is 26.9 Å². The predicted octanol–water partition coefficient (Wildman–Crippen LogP) is 4.18. The molecule has 1 N–H and O–H groups in total. The standard InChI is InChI=1S/C26H22F2N4O4S2/c27-17-7-12-23(21(28)15-17)32-25(34)20-5-1-2-6-22(20)30-26(32)37-16-24(33)29-18-8-10-19(11-9-18)38(35,36)31-13-3-4-14-31/h1-2,5-12,15H,3-4,13-14,16H2,(H,29,33). The second-order valence-corrected chi connectivity index (χ2v) is 11.5. The molecule has 1 saturated heterocycles. The smallest absolute Gasteiger partial charge is 0.266 e. The molecule has 1 aliphatic rings. The molecule has 4 aromatic rings. The number of nitrogens with one attached hydrogen (secondary N) is 1. The van der Waals surface area contributed by atoms with Gasteiger partial charge in [0.2, 0.25) is 15.9 Å². The first-order valence-corrected chi connectivity index (χ1v) is 14.2. The number of nitrogens with zero attached hydrogens (tertiary/aromatic N) is 3. The third-order valence-electron chi connectivity index (χ3n) is 6.07. The molecule has 0 atom stereocenters. The summed E-state index contributed by atoms with van der Waals surface area (Å²) in [5.41, 5.74) is 0.0181. The van der Waals surface area contributed by atoms with Crippen LogP contribution in [0.15, 0.2) is 81.6 Å². The van der Waals surface area contributed by atoms with E-state index in [9.17, 15) is 26.8 Å². The summed E-state index contributed by atoms with van der Waals surface area (Å²) in [4.78, 5) is 30.5. The Labute approximate surface area is 221 Å². The van der Waals surface area contributed by atoms with E-state index >= 15 is 0 Å². The molecule has 1 aliphatic heterocycles. The van der Waals surface area contributed by atoms with E-state index in [1.807, 2.05) is 0 Å². The number of carbonyl (C=O) groups is 1. The fourth-order valence-corrected chi connectivity index (χ4v) is 6.52. The van der Waals surface area contributed by atoms with Crippen LogP contribution in [0.25, 0.3) is 16.6 Å². The van der Waals surface area contributed by atoms with Gasteiger partial charge < -0.3 is 5.32 Å². The quantitative estimate of drug-likeness (QED) is 0.271. The second-order valence-electron chi connectivity index (χ2n) is 8.62. The number of hydrogen-bond donors (Lipinski definition) is 1. The number of benzene rings is 3. The Kier molecular flexibility index (Phi) is 7.28. The van der Waals surface area contributed by atoms with Crippen molar-refractivity contribution in [2.75, 3.05) is 24.2 Å². The maximum Gasteiger partial charge on any atom is 0.266 e. The highest BCUT2D eigenvalue weighted by molar-refractivity contribution is 7.99. The SMILES string of the molecule is O=C(CSc1nc2ccccc2c(=O)n1-c1ccc(F)cc1F)Nc1ccc(S(=O)(=O)N2CCCC2)cc1. The number of fused-ring (bicyclic) bond motifs is 1. The molecule has 5 rings (SSSR count). The van der Waals surface area contributed by atoms with Crippen molar-refractivity contribution in [2.24, 2.45) is 0 Å². The first-order valence-electron chi connectivity index (χ1n) is 11.7. The van der Waals surface area contributed by atoms with Crippen molar-refractivity contribution in [3.63, 3.8) is 0 Å². The van der Waals surface area contributed by atoms with E-state index in [0.717, 1.165) is 41.3 Å². The highest BCUT2D eigenvalue weighted by atomic mass is 32.2. The zero-order chi connectivity index (χ0) is 26.9. The van der Waals surface area contributed by atoms with Gasteiger partial charge in [0.25, 0.3) is 5.56 Å². The summed E-state index contributed by atoms with van der Waals surface area (Å²) in [6.45, 7) is 0.988. The van der Waals surface area contributed by atoms with Gasteiger partial charge in [-0.1, -0.05) is 23.9 Å². The lowest BCUT2D eigenvalue weighted by atomic mass is 10.2. The van der Waals surface area contributed by atoms with E-state index < -0.39 is 33.1 Å². The number of halogens is 2. The van der Waals surface area contributed by atoms with Gasteiger partial charge in [0.15, 0.2) is 5.16 Å². The third-order valence-corrected chi connectivity index (χ3v) is 8.92. The van der Waals surface area contributed by atoms with Crippen LogP contribution in [0.3, 0.4) is 0 Å². The average Bonchev–Trinajstić information content (AvgIpc) is 3.45. The van der Waals surface area contributed by atoms with Crippen molar-refractivity contribution < 1.29 is 22.0 Å². The number of anilines is 1. The summed E-state index contributed by atoms with van der Waals surface area (Å²) in [5.74, 6) is -2.36. The molecule has 1 aromatic heterocycles. The van der Waals surface area contributed by atoms with Crippen LogP contribution in [-0.2, 0) is 14.8 Å². The van der Waals surface area contributed by atoms with Crippen molar-refractivity contribution in [1.82, 2.24) is 13.9 Å². The third kappa shape index (κ3) is 5.19. The molecule has 0 aliphatic carbocycles. The normalized spacial score (nSPS) is 14.2. The summed E-state index contributed by atoms with van der Waals surface area (Å²) < 4.78 is 56.0. The maximum atomic E-state index is 14.6. The molecule has 0 radical (unpaired) electrons. The molecule has 0 bridgehead atoms. The number of hydrogen-bond acceptors (Lipinski definition) is 6. The van der Waals surface area contributed by atoms with Gasteiger partial charge in [0.1, 0.15) is 11.6 Å². The van der Waals surface area contributed by atoms with Crippen molar-refractivity contribution >= 4 is 44.3 Å². The molecule has 12 heteroatoms. The van der Waals surface area contributed by atoms with Crippen LogP contribution < -0.4 is 10.9 Å². The first-order chi connectivity index (χ1) is 18.2. The Morgan fingerprint density at radius 3 is 2.42 bits per heavy atom. The molecule has 2 heterocycles. The number of amides is 1. The average molecular weight is 557 g/mol. The zero-order valence-corrected chi connectivity index (χ0v) is 21.6. The Bertz CT molecular complexity index is 1690. The molecule has 0 unspecified atom stereocenters. The topological polar surface area (TPSA) is 101 Å². The molecule has 1 amide bonds. The van der Waals surface area contributed by atoms with Crippen molar-refractivity contribution in [1.29, 1.82) is 0 Å². The van der Waals surface area contributed by atoms with E-state index in [4.69, 9.17) is 0 Å². The molecule has 0 saturated carbocycles. The molecular weight excluding hydrogens is 534 g/mol. The Balaban J connectivity index is 1.36. The van der Waals surface area contributed by atoms with Crippen LogP contribution in [-0.4, -0.2) is 47.0 Å². The van der Waals surface area contributed by atoms with Crippen LogP contribution >= 0.6 is 11.8 Å². The van der Waals surface area contributed by atoms with Crippen molar-refractivity contribution in [2.45, 2.75) is 22.9 Å². The van der Waals surface area contributed by atoms with Gasteiger partial charge in [-0.05, 0) is 61.4 Å². The largest absolute Gasteiger partial charge is 0.325 e.